The number of carbonyl (C=O) groups excluding carboxylic acids is 1. The van der Waals surface area contributed by atoms with Gasteiger partial charge in [0.25, 0.3) is 0 Å². The summed E-state index contributed by atoms with van der Waals surface area (Å²) in [7, 11) is -4.18. The molecule has 8 N–H and O–H groups in total. The summed E-state index contributed by atoms with van der Waals surface area (Å²) in [5, 5.41) is 23.2. The molecule has 34 heavy (non-hydrogen) atoms. The molecule has 3 rings (SSSR count). The Morgan fingerprint density at radius 3 is 2.71 bits per heavy atom. The van der Waals surface area contributed by atoms with Crippen LogP contribution >= 0.6 is 7.75 Å². The van der Waals surface area contributed by atoms with Crippen LogP contribution in [-0.2, 0) is 23.1 Å². The molecule has 7 atom stereocenters. The Morgan fingerprint density at radius 1 is 1.35 bits per heavy atom. The lowest BCUT2D eigenvalue weighted by Crippen LogP contribution is -2.44. The van der Waals surface area contributed by atoms with E-state index in [1.165, 1.54) is 0 Å². The maximum absolute atomic E-state index is 13.0. The SMILES string of the molecule is CCOP(=O)(NC(=O)[C@H](N)[C@H](C)CC)OC[C@H]1O[C@@H](n2c(=O)[nH]c3c(N)ncnc32)[C@H](O)[C@@H]1O. The van der Waals surface area contributed by atoms with E-state index in [0.29, 0.717) is 6.42 Å². The number of H-pyrrole nitrogens is 1. The Hall–Kier alpha value is -2.39. The Kier molecular flexibility index (Phi) is 8.08. The van der Waals surface area contributed by atoms with Gasteiger partial charge in [-0.15, -0.1) is 0 Å². The molecule has 16 heteroatoms. The normalized spacial score (nSPS) is 26.3. The molecule has 0 saturated carbocycles. The summed E-state index contributed by atoms with van der Waals surface area (Å²) in [6, 6.07) is -0.940. The van der Waals surface area contributed by atoms with Gasteiger partial charge in [-0.1, -0.05) is 20.3 Å². The van der Waals surface area contributed by atoms with Gasteiger partial charge in [0.2, 0.25) is 5.91 Å². The zero-order valence-electron chi connectivity index (χ0n) is 19.0. The van der Waals surface area contributed by atoms with Crippen LogP contribution in [0.1, 0.15) is 33.4 Å². The summed E-state index contributed by atoms with van der Waals surface area (Å²) in [6.45, 7) is 4.58. The van der Waals surface area contributed by atoms with Crippen LogP contribution in [0.2, 0.25) is 0 Å². The average Bonchev–Trinajstić information content (AvgIpc) is 3.27. The van der Waals surface area contributed by atoms with Crippen LogP contribution in [0, 0.1) is 5.92 Å². The first-order valence-electron chi connectivity index (χ1n) is 10.7. The van der Waals surface area contributed by atoms with Gasteiger partial charge < -0.3 is 31.4 Å². The number of fused-ring (bicyclic) bond motifs is 1. The van der Waals surface area contributed by atoms with Crippen LogP contribution < -0.4 is 22.2 Å². The lowest BCUT2D eigenvalue weighted by atomic mass is 10.00. The number of nitrogens with one attached hydrogen (secondary N) is 2. The van der Waals surface area contributed by atoms with Gasteiger partial charge in [0.05, 0.1) is 19.3 Å². The fourth-order valence-corrected chi connectivity index (χ4v) is 4.74. The molecule has 1 fully saturated rings. The molecule has 1 aliphatic heterocycles. The highest BCUT2D eigenvalue weighted by Gasteiger charge is 2.46. The molecule has 1 aliphatic rings. The first kappa shape index (κ1) is 26.2. The Morgan fingerprint density at radius 2 is 2.06 bits per heavy atom. The number of ether oxygens (including phenoxy) is 1. The molecule has 0 radical (unpaired) electrons. The Balaban J connectivity index is 1.75. The second-order valence-corrected chi connectivity index (χ2v) is 9.64. The molecular weight excluding hydrogens is 473 g/mol. The number of imidazole rings is 1. The zero-order valence-corrected chi connectivity index (χ0v) is 19.8. The molecule has 190 valence electrons. The van der Waals surface area contributed by atoms with Crippen molar-refractivity contribution in [1.29, 1.82) is 0 Å². The fourth-order valence-electron chi connectivity index (χ4n) is 3.44. The number of amides is 1. The largest absolute Gasteiger partial charge is 0.435 e. The van der Waals surface area contributed by atoms with E-state index in [1.807, 2.05) is 6.92 Å². The average molecular weight is 503 g/mol. The third kappa shape index (κ3) is 5.15. The minimum atomic E-state index is -4.18. The van der Waals surface area contributed by atoms with Crippen LogP contribution in [-0.4, -0.2) is 73.2 Å². The molecular formula is C18H30N7O8P. The molecule has 3 heterocycles. The molecule has 15 nitrogen and oxygen atoms in total. The number of rotatable bonds is 10. The molecule has 2 aromatic rings. The first-order valence-corrected chi connectivity index (χ1v) is 12.3. The van der Waals surface area contributed by atoms with Crippen LogP contribution in [0.15, 0.2) is 11.1 Å². The van der Waals surface area contributed by atoms with Crippen molar-refractivity contribution in [2.75, 3.05) is 18.9 Å². The van der Waals surface area contributed by atoms with Gasteiger partial charge in [-0.25, -0.2) is 23.9 Å². The van der Waals surface area contributed by atoms with Gasteiger partial charge in [0, 0.05) is 0 Å². The van der Waals surface area contributed by atoms with E-state index in [0.717, 1.165) is 10.9 Å². The van der Waals surface area contributed by atoms with E-state index in [-0.39, 0.29) is 29.5 Å². The molecule has 0 spiro atoms. The fraction of sp³-hybridized carbons (Fsp3) is 0.667. The number of aromatic nitrogens is 4. The van der Waals surface area contributed by atoms with Crippen molar-refractivity contribution in [3.8, 4) is 0 Å². The number of nitrogen functional groups attached to an aromatic ring is 1. The number of aliphatic hydroxyl groups excluding tert-OH is 2. The number of aromatic amines is 1. The highest BCUT2D eigenvalue weighted by Crippen LogP contribution is 2.45. The van der Waals surface area contributed by atoms with Gasteiger partial charge in [-0.05, 0) is 12.8 Å². The Labute approximate surface area is 194 Å². The van der Waals surface area contributed by atoms with Gasteiger partial charge in [-0.3, -0.25) is 18.9 Å². The van der Waals surface area contributed by atoms with Crippen molar-refractivity contribution < 1.29 is 33.4 Å². The van der Waals surface area contributed by atoms with Crippen LogP contribution in [0.3, 0.4) is 0 Å². The molecule has 0 bridgehead atoms. The maximum atomic E-state index is 13.0. The first-order chi connectivity index (χ1) is 16.0. The standard InChI is InChI=1S/C18H30N7O8P/c1-4-8(3)10(19)16(28)24-34(30,31-5-2)32-6-9-12(26)13(27)17(33-9)25-15-11(23-18(25)29)14(20)21-7-22-15/h7-10,12-13,17,26-27H,4-6,19H2,1-3H3,(H,23,29)(H2,20,21,22)(H,24,28,30)/t8-,9-,10-,12-,13-,17-,34?/m1/s1. The summed E-state index contributed by atoms with van der Waals surface area (Å²) in [5.74, 6) is -0.893. The second-order valence-electron chi connectivity index (χ2n) is 7.90. The van der Waals surface area contributed by atoms with Crippen molar-refractivity contribution >= 4 is 30.6 Å². The van der Waals surface area contributed by atoms with Crippen molar-refractivity contribution in [3.05, 3.63) is 16.8 Å². The number of aliphatic hydroxyl groups is 2. The number of nitrogens with two attached hydrogens (primary N) is 2. The van der Waals surface area contributed by atoms with Crippen LogP contribution in [0.4, 0.5) is 5.82 Å². The monoisotopic (exact) mass is 503 g/mol. The molecule has 2 aromatic heterocycles. The van der Waals surface area contributed by atoms with Gasteiger partial charge in [-0.2, -0.15) is 0 Å². The number of nitrogens with zero attached hydrogens (tertiary/aromatic N) is 3. The van der Waals surface area contributed by atoms with Crippen molar-refractivity contribution in [1.82, 2.24) is 24.6 Å². The van der Waals surface area contributed by atoms with Crippen molar-refractivity contribution in [2.24, 2.45) is 11.7 Å². The summed E-state index contributed by atoms with van der Waals surface area (Å²) >= 11 is 0. The minimum Gasteiger partial charge on any atom is -0.387 e. The van der Waals surface area contributed by atoms with Crippen molar-refractivity contribution in [3.63, 3.8) is 0 Å². The third-order valence-corrected chi connectivity index (χ3v) is 7.22. The van der Waals surface area contributed by atoms with E-state index in [1.54, 1.807) is 13.8 Å². The highest BCUT2D eigenvalue weighted by atomic mass is 31.2. The van der Waals surface area contributed by atoms with Gasteiger partial charge in [0.15, 0.2) is 17.7 Å². The quantitative estimate of drug-likeness (QED) is 0.214. The number of hydrogen-bond acceptors (Lipinski definition) is 12. The second kappa shape index (κ2) is 10.5. The van der Waals surface area contributed by atoms with Crippen LogP contribution in [0.25, 0.3) is 11.2 Å². The molecule has 1 unspecified atom stereocenters. The molecule has 1 amide bonds. The summed E-state index contributed by atoms with van der Waals surface area (Å²) in [4.78, 5) is 35.1. The predicted molar refractivity (Wildman–Crippen MR) is 119 cm³/mol. The summed E-state index contributed by atoms with van der Waals surface area (Å²) < 4.78 is 30.1. The van der Waals surface area contributed by atoms with E-state index < -0.39 is 56.5 Å². The summed E-state index contributed by atoms with van der Waals surface area (Å²) in [6.07, 6.45) is -3.94. The topological polar surface area (TPSA) is 230 Å². The lowest BCUT2D eigenvalue weighted by Gasteiger charge is -2.24. The lowest BCUT2D eigenvalue weighted by molar-refractivity contribution is -0.122. The number of carbonyl (C=O) groups is 1. The molecule has 0 aliphatic carbocycles. The van der Waals surface area contributed by atoms with E-state index >= 15 is 0 Å². The molecule has 0 aromatic carbocycles. The maximum Gasteiger partial charge on any atom is 0.435 e. The molecule has 1 saturated heterocycles. The van der Waals surface area contributed by atoms with E-state index in [2.05, 4.69) is 20.0 Å². The minimum absolute atomic E-state index is 0.0118. The Bertz CT molecular complexity index is 1120. The highest BCUT2D eigenvalue weighted by molar-refractivity contribution is 7.52. The van der Waals surface area contributed by atoms with Gasteiger partial charge >= 0.3 is 13.4 Å². The van der Waals surface area contributed by atoms with E-state index in [4.69, 9.17) is 25.3 Å². The zero-order chi connectivity index (χ0) is 25.2. The van der Waals surface area contributed by atoms with Gasteiger partial charge in [0.1, 0.15) is 30.2 Å². The third-order valence-electron chi connectivity index (χ3n) is 5.64. The summed E-state index contributed by atoms with van der Waals surface area (Å²) in [5.41, 5.74) is 11.1. The van der Waals surface area contributed by atoms with Crippen LogP contribution in [0.5, 0.6) is 0 Å². The predicted octanol–water partition coefficient (Wildman–Crippen LogP) is -1.03. The smallest absolute Gasteiger partial charge is 0.387 e. The number of anilines is 1. The van der Waals surface area contributed by atoms with Crippen molar-refractivity contribution in [2.45, 2.75) is 57.8 Å². The van der Waals surface area contributed by atoms with E-state index in [9.17, 15) is 24.4 Å². The number of hydrogen-bond donors (Lipinski definition) is 6.